The standard InChI is InChI=1S/C29H52N2O.2C2H6/c1-8-9-10-11-12-13-14-15-16-17-18-21-32-26-19-20-27-28(22-26)31(25(6)7)29(23(2)3)30(27)24(4)5;2*1-2/h19-20,22-25,29H,8-18,21H2,1-7H3;2*1-2H3. The van der Waals surface area contributed by atoms with Crippen LogP contribution in [0.4, 0.5) is 11.4 Å². The number of nitrogens with zero attached hydrogens (tertiary/aromatic N) is 2. The number of unbranched alkanes of at least 4 members (excludes halogenated alkanes) is 10. The van der Waals surface area contributed by atoms with Crippen LogP contribution >= 0.6 is 0 Å². The molecule has 2 rings (SSSR count). The maximum Gasteiger partial charge on any atom is 0.121 e. The fourth-order valence-electron chi connectivity index (χ4n) is 5.20. The van der Waals surface area contributed by atoms with Gasteiger partial charge in [-0.3, -0.25) is 0 Å². The van der Waals surface area contributed by atoms with Gasteiger partial charge in [-0.25, -0.2) is 0 Å². The number of anilines is 2. The van der Waals surface area contributed by atoms with Gasteiger partial charge in [-0.2, -0.15) is 0 Å². The summed E-state index contributed by atoms with van der Waals surface area (Å²) in [6.07, 6.45) is 15.5. The summed E-state index contributed by atoms with van der Waals surface area (Å²) in [5, 5.41) is 0. The van der Waals surface area contributed by atoms with Gasteiger partial charge in [0.2, 0.25) is 0 Å². The Balaban J connectivity index is 0.00000291. The molecule has 0 aliphatic carbocycles. The molecular formula is C33H64N2O. The summed E-state index contributed by atoms with van der Waals surface area (Å²) in [7, 11) is 0. The lowest BCUT2D eigenvalue weighted by atomic mass is 10.1. The quantitative estimate of drug-likeness (QED) is 0.208. The lowest BCUT2D eigenvalue weighted by Crippen LogP contribution is -2.52. The van der Waals surface area contributed by atoms with Crippen LogP contribution in [0, 0.1) is 5.92 Å². The number of rotatable bonds is 16. The van der Waals surface area contributed by atoms with Crippen LogP contribution < -0.4 is 14.5 Å². The SMILES string of the molecule is CC.CC.CCCCCCCCCCCCCOc1ccc2c(c1)N(C(C)C)C(C(C)C)N2C(C)C. The van der Waals surface area contributed by atoms with E-state index in [-0.39, 0.29) is 0 Å². The maximum atomic E-state index is 6.19. The Hall–Kier alpha value is -1.38. The minimum absolute atomic E-state index is 0.409. The Kier molecular flexibility index (Phi) is 19.9. The molecule has 1 aromatic carbocycles. The topological polar surface area (TPSA) is 15.7 Å². The third kappa shape index (κ3) is 11.3. The first-order valence-corrected chi connectivity index (χ1v) is 15.7. The van der Waals surface area contributed by atoms with E-state index < -0.39 is 0 Å². The van der Waals surface area contributed by atoms with Crippen molar-refractivity contribution in [2.75, 3.05) is 16.4 Å². The van der Waals surface area contributed by atoms with Crippen molar-refractivity contribution in [3.63, 3.8) is 0 Å². The highest BCUT2D eigenvalue weighted by Crippen LogP contribution is 2.45. The molecule has 0 saturated heterocycles. The Morgan fingerprint density at radius 2 is 1.08 bits per heavy atom. The fourth-order valence-corrected chi connectivity index (χ4v) is 5.20. The van der Waals surface area contributed by atoms with Crippen LogP contribution in [-0.2, 0) is 0 Å². The van der Waals surface area contributed by atoms with Crippen molar-refractivity contribution in [1.29, 1.82) is 0 Å². The minimum atomic E-state index is 0.409. The molecule has 0 radical (unpaired) electrons. The lowest BCUT2D eigenvalue weighted by molar-refractivity contribution is 0.304. The molecule has 3 nitrogen and oxygen atoms in total. The molecule has 0 amide bonds. The molecule has 1 aromatic rings. The number of benzene rings is 1. The summed E-state index contributed by atoms with van der Waals surface area (Å²) >= 11 is 0. The Labute approximate surface area is 227 Å². The van der Waals surface area contributed by atoms with E-state index in [1.165, 1.54) is 75.6 Å². The highest BCUT2D eigenvalue weighted by Gasteiger charge is 2.40. The lowest BCUT2D eigenvalue weighted by Gasteiger charge is -2.40. The van der Waals surface area contributed by atoms with Crippen LogP contribution in [0.2, 0.25) is 0 Å². The van der Waals surface area contributed by atoms with Gasteiger partial charge in [0, 0.05) is 18.2 Å². The normalized spacial score (nSPS) is 14.6. The van der Waals surface area contributed by atoms with Gasteiger partial charge in [0.05, 0.1) is 18.0 Å². The van der Waals surface area contributed by atoms with Crippen molar-refractivity contribution in [2.45, 2.75) is 165 Å². The number of fused-ring (bicyclic) bond motifs is 1. The summed E-state index contributed by atoms with van der Waals surface area (Å²) in [6, 6.07) is 7.68. The van der Waals surface area contributed by atoms with E-state index in [1.54, 1.807) is 0 Å². The Bertz CT molecular complexity index is 641. The van der Waals surface area contributed by atoms with Gasteiger partial charge in [0.25, 0.3) is 0 Å². The Morgan fingerprint density at radius 3 is 1.53 bits per heavy atom. The largest absolute Gasteiger partial charge is 0.494 e. The van der Waals surface area contributed by atoms with Crippen LogP contribution in [0.1, 0.15) is 147 Å². The van der Waals surface area contributed by atoms with Crippen molar-refractivity contribution < 1.29 is 4.74 Å². The van der Waals surface area contributed by atoms with Crippen molar-refractivity contribution >= 4 is 11.4 Å². The van der Waals surface area contributed by atoms with Crippen LogP contribution in [0.3, 0.4) is 0 Å². The summed E-state index contributed by atoms with van der Waals surface area (Å²) in [5.74, 6) is 1.59. The summed E-state index contributed by atoms with van der Waals surface area (Å²) in [5.41, 5.74) is 2.69. The van der Waals surface area contributed by atoms with Crippen molar-refractivity contribution in [2.24, 2.45) is 5.92 Å². The van der Waals surface area contributed by atoms with E-state index in [0.29, 0.717) is 24.2 Å². The number of hydrogen-bond acceptors (Lipinski definition) is 3. The predicted octanol–water partition coefficient (Wildman–Crippen LogP) is 10.9. The van der Waals surface area contributed by atoms with Crippen molar-refractivity contribution in [1.82, 2.24) is 0 Å². The van der Waals surface area contributed by atoms with Crippen LogP contribution in [-0.4, -0.2) is 24.9 Å². The number of hydrogen-bond donors (Lipinski definition) is 0. The smallest absolute Gasteiger partial charge is 0.121 e. The summed E-state index contributed by atoms with van der Waals surface area (Å²) in [4.78, 5) is 5.18. The average Bonchev–Trinajstić information content (AvgIpc) is 3.22. The first-order valence-electron chi connectivity index (χ1n) is 15.7. The monoisotopic (exact) mass is 505 g/mol. The predicted molar refractivity (Wildman–Crippen MR) is 165 cm³/mol. The first-order chi connectivity index (χ1) is 17.4. The molecule has 1 heterocycles. The van der Waals surface area contributed by atoms with Gasteiger partial charge >= 0.3 is 0 Å². The molecule has 1 atom stereocenters. The second kappa shape index (κ2) is 20.7. The van der Waals surface area contributed by atoms with E-state index in [1.807, 2.05) is 27.7 Å². The average molecular weight is 505 g/mol. The molecule has 1 aliphatic rings. The second-order valence-electron chi connectivity index (χ2n) is 10.7. The van der Waals surface area contributed by atoms with Crippen molar-refractivity contribution in [3.05, 3.63) is 18.2 Å². The molecule has 0 saturated carbocycles. The highest BCUT2D eigenvalue weighted by atomic mass is 16.5. The molecule has 0 aromatic heterocycles. The third-order valence-electron chi connectivity index (χ3n) is 6.80. The zero-order chi connectivity index (χ0) is 27.5. The molecular weight excluding hydrogens is 440 g/mol. The molecule has 0 bridgehead atoms. The number of ether oxygens (including phenoxy) is 1. The van der Waals surface area contributed by atoms with Gasteiger partial charge in [-0.15, -0.1) is 0 Å². The van der Waals surface area contributed by atoms with Crippen LogP contribution in [0.25, 0.3) is 0 Å². The van der Waals surface area contributed by atoms with Crippen molar-refractivity contribution in [3.8, 4) is 5.75 Å². The van der Waals surface area contributed by atoms with Gasteiger partial charge in [-0.1, -0.05) is 113 Å². The summed E-state index contributed by atoms with van der Waals surface area (Å²) in [6.45, 7) is 25.0. The highest BCUT2D eigenvalue weighted by molar-refractivity contribution is 5.80. The molecule has 1 unspecified atom stereocenters. The molecule has 212 valence electrons. The van der Waals surface area contributed by atoms with Gasteiger partial charge in [0.15, 0.2) is 0 Å². The van der Waals surface area contributed by atoms with Crippen LogP contribution in [0.5, 0.6) is 5.75 Å². The zero-order valence-corrected chi connectivity index (χ0v) is 26.3. The second-order valence-corrected chi connectivity index (χ2v) is 10.7. The third-order valence-corrected chi connectivity index (χ3v) is 6.80. The van der Waals surface area contributed by atoms with Gasteiger partial charge in [0.1, 0.15) is 11.9 Å². The molecule has 0 fully saturated rings. The minimum Gasteiger partial charge on any atom is -0.494 e. The molecule has 1 aliphatic heterocycles. The summed E-state index contributed by atoms with van der Waals surface area (Å²) < 4.78 is 6.19. The van der Waals surface area contributed by atoms with E-state index in [2.05, 4.69) is 76.5 Å². The van der Waals surface area contributed by atoms with E-state index in [4.69, 9.17) is 4.74 Å². The fraction of sp³-hybridized carbons (Fsp3) is 0.818. The van der Waals surface area contributed by atoms with Gasteiger partial charge in [-0.05, 0) is 52.2 Å². The van der Waals surface area contributed by atoms with E-state index in [9.17, 15) is 0 Å². The maximum absolute atomic E-state index is 6.19. The zero-order valence-electron chi connectivity index (χ0n) is 26.3. The van der Waals surface area contributed by atoms with E-state index >= 15 is 0 Å². The Morgan fingerprint density at radius 1 is 0.639 bits per heavy atom. The van der Waals surface area contributed by atoms with E-state index in [0.717, 1.165) is 18.8 Å². The molecule has 0 N–H and O–H groups in total. The molecule has 3 heteroatoms. The first kappa shape index (κ1) is 34.6. The molecule has 0 spiro atoms. The van der Waals surface area contributed by atoms with Gasteiger partial charge < -0.3 is 14.5 Å². The molecule has 36 heavy (non-hydrogen) atoms. The van der Waals surface area contributed by atoms with Crippen LogP contribution in [0.15, 0.2) is 18.2 Å².